The van der Waals surface area contributed by atoms with E-state index in [1.54, 1.807) is 18.0 Å². The molecule has 0 radical (unpaired) electrons. The smallest absolute Gasteiger partial charge is 0.237 e. The highest BCUT2D eigenvalue weighted by atomic mass is 35.5. The molecule has 4 heteroatoms. The van der Waals surface area contributed by atoms with E-state index in [1.165, 1.54) is 0 Å². The van der Waals surface area contributed by atoms with Crippen LogP contribution in [-0.4, -0.2) is 23.7 Å². The highest BCUT2D eigenvalue weighted by Crippen LogP contribution is 2.21. The van der Waals surface area contributed by atoms with Crippen LogP contribution in [0.3, 0.4) is 0 Å². The first-order valence-electron chi connectivity index (χ1n) is 4.63. The van der Waals surface area contributed by atoms with Crippen LogP contribution in [0.5, 0.6) is 0 Å². The first-order valence-corrected chi connectivity index (χ1v) is 5.54. The molecule has 1 rings (SSSR count). The molecule has 0 N–H and O–H groups in total. The molecule has 0 unspecified atom stereocenters. The normalized spacial score (nSPS) is 12.3. The molecule has 0 bridgehead atoms. The van der Waals surface area contributed by atoms with Crippen molar-refractivity contribution in [3.05, 3.63) is 34.9 Å². The van der Waals surface area contributed by atoms with Gasteiger partial charge in [-0.15, -0.1) is 11.6 Å². The third kappa shape index (κ3) is 3.11. The zero-order valence-corrected chi connectivity index (χ0v) is 10.2. The summed E-state index contributed by atoms with van der Waals surface area (Å²) in [5.41, 5.74) is 1.00. The van der Waals surface area contributed by atoms with Gasteiger partial charge in [-0.2, -0.15) is 0 Å². The van der Waals surface area contributed by atoms with E-state index in [0.29, 0.717) is 5.02 Å². The number of carbonyl (C=O) groups is 1. The largest absolute Gasteiger partial charge is 0.338 e. The molecular weight excluding hydrogens is 233 g/mol. The highest BCUT2D eigenvalue weighted by molar-refractivity contribution is 6.30. The summed E-state index contributed by atoms with van der Waals surface area (Å²) in [6, 6.07) is 7.45. The Morgan fingerprint density at radius 2 is 2.20 bits per heavy atom. The monoisotopic (exact) mass is 245 g/mol. The van der Waals surface area contributed by atoms with Gasteiger partial charge in [0.2, 0.25) is 5.91 Å². The van der Waals surface area contributed by atoms with E-state index >= 15 is 0 Å². The fourth-order valence-corrected chi connectivity index (χ4v) is 1.69. The number of halogens is 2. The Balaban J connectivity index is 2.84. The van der Waals surface area contributed by atoms with Crippen LogP contribution in [-0.2, 0) is 4.79 Å². The summed E-state index contributed by atoms with van der Waals surface area (Å²) < 4.78 is 0. The number of nitrogens with zero attached hydrogens (tertiary/aromatic N) is 1. The highest BCUT2D eigenvalue weighted by Gasteiger charge is 2.16. The molecule has 0 heterocycles. The molecule has 0 aliphatic carbocycles. The summed E-state index contributed by atoms with van der Waals surface area (Å²) in [7, 11) is 1.73. The van der Waals surface area contributed by atoms with Gasteiger partial charge < -0.3 is 4.90 Å². The molecule has 15 heavy (non-hydrogen) atoms. The average molecular weight is 246 g/mol. The molecule has 1 amide bonds. The molecule has 82 valence electrons. The van der Waals surface area contributed by atoms with Crippen molar-refractivity contribution in [2.24, 2.45) is 0 Å². The summed E-state index contributed by atoms with van der Waals surface area (Å²) in [6.07, 6.45) is 0. The van der Waals surface area contributed by atoms with E-state index in [9.17, 15) is 4.79 Å². The van der Waals surface area contributed by atoms with Crippen molar-refractivity contribution in [2.75, 3.05) is 12.9 Å². The molecule has 1 aromatic rings. The van der Waals surface area contributed by atoms with E-state index < -0.39 is 0 Å². The van der Waals surface area contributed by atoms with Crippen LogP contribution < -0.4 is 0 Å². The van der Waals surface area contributed by atoms with Crippen LogP contribution in [0, 0.1) is 0 Å². The second-order valence-electron chi connectivity index (χ2n) is 3.37. The molecule has 0 saturated heterocycles. The minimum absolute atomic E-state index is 0.00139. The average Bonchev–Trinajstić information content (AvgIpc) is 2.26. The lowest BCUT2D eigenvalue weighted by molar-refractivity contribution is -0.129. The maximum absolute atomic E-state index is 11.4. The van der Waals surface area contributed by atoms with Crippen LogP contribution in [0.15, 0.2) is 24.3 Å². The van der Waals surface area contributed by atoms with Crippen LogP contribution in [0.2, 0.25) is 5.02 Å². The Labute approximate surface area is 99.8 Å². The summed E-state index contributed by atoms with van der Waals surface area (Å²) >= 11 is 11.4. The van der Waals surface area contributed by atoms with E-state index in [2.05, 4.69) is 0 Å². The third-order valence-corrected chi connectivity index (χ3v) is 2.88. The van der Waals surface area contributed by atoms with Crippen molar-refractivity contribution < 1.29 is 4.79 Å². The summed E-state index contributed by atoms with van der Waals surface area (Å²) in [5, 5.41) is 0.672. The molecule has 0 fully saturated rings. The zero-order chi connectivity index (χ0) is 11.4. The zero-order valence-electron chi connectivity index (χ0n) is 8.71. The summed E-state index contributed by atoms with van der Waals surface area (Å²) in [5.74, 6) is -0.0920. The molecular formula is C11H13Cl2NO. The van der Waals surface area contributed by atoms with Gasteiger partial charge in [-0.1, -0.05) is 23.7 Å². The van der Waals surface area contributed by atoms with E-state index in [1.807, 2.05) is 25.1 Å². The maximum Gasteiger partial charge on any atom is 0.237 e. The molecule has 1 atom stereocenters. The summed E-state index contributed by atoms with van der Waals surface area (Å²) in [6.45, 7) is 1.94. The van der Waals surface area contributed by atoms with E-state index in [0.717, 1.165) is 5.56 Å². The number of hydrogen-bond acceptors (Lipinski definition) is 1. The molecule has 0 aliphatic heterocycles. The number of benzene rings is 1. The fourth-order valence-electron chi connectivity index (χ4n) is 1.30. The quantitative estimate of drug-likeness (QED) is 0.750. The minimum Gasteiger partial charge on any atom is -0.338 e. The SMILES string of the molecule is C[C@H](c1cccc(Cl)c1)N(C)C(=O)CCl. The van der Waals surface area contributed by atoms with Gasteiger partial charge in [0.15, 0.2) is 0 Å². The van der Waals surface area contributed by atoms with Crippen LogP contribution >= 0.6 is 23.2 Å². The molecule has 0 spiro atoms. The van der Waals surface area contributed by atoms with Crippen molar-refractivity contribution in [1.82, 2.24) is 4.90 Å². The van der Waals surface area contributed by atoms with Gasteiger partial charge in [0, 0.05) is 12.1 Å². The lowest BCUT2D eigenvalue weighted by Gasteiger charge is -2.24. The van der Waals surface area contributed by atoms with Gasteiger partial charge in [0.05, 0.1) is 6.04 Å². The Hall–Kier alpha value is -0.730. The number of amides is 1. The Kier molecular flexibility index (Phi) is 4.43. The molecule has 0 aromatic heterocycles. The summed E-state index contributed by atoms with van der Waals surface area (Å²) in [4.78, 5) is 13.0. The van der Waals surface area contributed by atoms with Crippen LogP contribution in [0.1, 0.15) is 18.5 Å². The first kappa shape index (κ1) is 12.3. The van der Waals surface area contributed by atoms with Gasteiger partial charge >= 0.3 is 0 Å². The standard InChI is InChI=1S/C11H13Cl2NO/c1-8(14(2)11(15)7-12)9-4-3-5-10(13)6-9/h3-6,8H,7H2,1-2H3/t8-/m1/s1. The van der Waals surface area contributed by atoms with Gasteiger partial charge in [-0.05, 0) is 24.6 Å². The lowest BCUT2D eigenvalue weighted by Crippen LogP contribution is -2.30. The molecule has 1 aromatic carbocycles. The second-order valence-corrected chi connectivity index (χ2v) is 4.07. The van der Waals surface area contributed by atoms with Crippen molar-refractivity contribution in [1.29, 1.82) is 0 Å². The van der Waals surface area contributed by atoms with Gasteiger partial charge in [0.25, 0.3) is 0 Å². The molecule has 0 aliphatic rings. The van der Waals surface area contributed by atoms with Crippen molar-refractivity contribution in [3.8, 4) is 0 Å². The fraction of sp³-hybridized carbons (Fsp3) is 0.364. The number of hydrogen-bond donors (Lipinski definition) is 0. The molecule has 2 nitrogen and oxygen atoms in total. The Bertz CT molecular complexity index is 354. The number of rotatable bonds is 3. The predicted molar refractivity (Wildman–Crippen MR) is 63.4 cm³/mol. The van der Waals surface area contributed by atoms with Crippen molar-refractivity contribution in [2.45, 2.75) is 13.0 Å². The van der Waals surface area contributed by atoms with Crippen LogP contribution in [0.4, 0.5) is 0 Å². The lowest BCUT2D eigenvalue weighted by atomic mass is 10.1. The minimum atomic E-state index is -0.0934. The van der Waals surface area contributed by atoms with E-state index in [4.69, 9.17) is 23.2 Å². The second kappa shape index (κ2) is 5.38. The van der Waals surface area contributed by atoms with Gasteiger partial charge in [-0.3, -0.25) is 4.79 Å². The van der Waals surface area contributed by atoms with Gasteiger partial charge in [0.1, 0.15) is 5.88 Å². The van der Waals surface area contributed by atoms with Crippen LogP contribution in [0.25, 0.3) is 0 Å². The Morgan fingerprint density at radius 1 is 1.53 bits per heavy atom. The number of carbonyl (C=O) groups excluding carboxylic acids is 1. The predicted octanol–water partition coefficient (Wildman–Crippen LogP) is 3.10. The third-order valence-electron chi connectivity index (χ3n) is 2.42. The number of alkyl halides is 1. The first-order chi connectivity index (χ1) is 7.06. The molecule has 0 saturated carbocycles. The van der Waals surface area contributed by atoms with Crippen molar-refractivity contribution in [3.63, 3.8) is 0 Å². The topological polar surface area (TPSA) is 20.3 Å². The maximum atomic E-state index is 11.4. The van der Waals surface area contributed by atoms with Crippen molar-refractivity contribution >= 4 is 29.1 Å². The van der Waals surface area contributed by atoms with Gasteiger partial charge in [-0.25, -0.2) is 0 Å². The van der Waals surface area contributed by atoms with E-state index in [-0.39, 0.29) is 17.8 Å². The Morgan fingerprint density at radius 3 is 2.73 bits per heavy atom.